The van der Waals surface area contributed by atoms with Crippen molar-refractivity contribution in [2.24, 2.45) is 0 Å². The van der Waals surface area contributed by atoms with Crippen molar-refractivity contribution >= 4 is 0 Å². The molecule has 0 aliphatic carbocycles. The average molecular weight is 267 g/mol. The van der Waals surface area contributed by atoms with Crippen LogP contribution in [-0.2, 0) is 11.2 Å². The number of hydrogen-bond donors (Lipinski definition) is 1. The fourth-order valence-electron chi connectivity index (χ4n) is 1.98. The SMILES string of the molecule is CCCNC(CCOC(C)C)Cc1ccc(F)cc1. The van der Waals surface area contributed by atoms with Gasteiger partial charge in [0, 0.05) is 12.6 Å². The number of halogens is 1. The summed E-state index contributed by atoms with van der Waals surface area (Å²) in [5.74, 6) is -0.176. The van der Waals surface area contributed by atoms with Gasteiger partial charge in [-0.3, -0.25) is 0 Å². The summed E-state index contributed by atoms with van der Waals surface area (Å²) in [6.45, 7) is 8.03. The molecule has 0 radical (unpaired) electrons. The van der Waals surface area contributed by atoms with Gasteiger partial charge in [0.2, 0.25) is 0 Å². The van der Waals surface area contributed by atoms with Crippen molar-refractivity contribution in [2.75, 3.05) is 13.2 Å². The summed E-state index contributed by atoms with van der Waals surface area (Å²) in [4.78, 5) is 0. The molecule has 0 bridgehead atoms. The van der Waals surface area contributed by atoms with Gasteiger partial charge in [-0.25, -0.2) is 4.39 Å². The van der Waals surface area contributed by atoms with Gasteiger partial charge in [-0.15, -0.1) is 0 Å². The van der Waals surface area contributed by atoms with Crippen LogP contribution in [0.5, 0.6) is 0 Å². The van der Waals surface area contributed by atoms with Crippen LogP contribution in [-0.4, -0.2) is 25.3 Å². The molecular weight excluding hydrogens is 241 g/mol. The predicted molar refractivity (Wildman–Crippen MR) is 77.9 cm³/mol. The van der Waals surface area contributed by atoms with Crippen molar-refractivity contribution in [3.8, 4) is 0 Å². The zero-order valence-corrected chi connectivity index (χ0v) is 12.3. The monoisotopic (exact) mass is 267 g/mol. The van der Waals surface area contributed by atoms with E-state index in [0.29, 0.717) is 6.04 Å². The number of benzene rings is 1. The van der Waals surface area contributed by atoms with E-state index in [-0.39, 0.29) is 11.9 Å². The number of ether oxygens (including phenoxy) is 1. The van der Waals surface area contributed by atoms with E-state index < -0.39 is 0 Å². The molecule has 0 aromatic heterocycles. The maximum absolute atomic E-state index is 12.9. The van der Waals surface area contributed by atoms with E-state index in [1.54, 1.807) is 0 Å². The Morgan fingerprint density at radius 2 is 1.89 bits per heavy atom. The summed E-state index contributed by atoms with van der Waals surface area (Å²) in [5.41, 5.74) is 1.17. The van der Waals surface area contributed by atoms with Crippen LogP contribution >= 0.6 is 0 Å². The first-order chi connectivity index (χ1) is 9.11. The van der Waals surface area contributed by atoms with E-state index in [2.05, 4.69) is 26.1 Å². The van der Waals surface area contributed by atoms with E-state index in [9.17, 15) is 4.39 Å². The standard InChI is InChI=1S/C16H26FNO/c1-4-10-18-16(9-11-19-13(2)3)12-14-5-7-15(17)8-6-14/h5-8,13,16,18H,4,9-12H2,1-3H3. The molecule has 0 saturated carbocycles. The third-order valence-corrected chi connectivity index (χ3v) is 3.00. The van der Waals surface area contributed by atoms with Crippen LogP contribution < -0.4 is 5.32 Å². The van der Waals surface area contributed by atoms with Crippen molar-refractivity contribution in [3.05, 3.63) is 35.6 Å². The molecule has 0 amide bonds. The lowest BCUT2D eigenvalue weighted by Gasteiger charge is -2.19. The Morgan fingerprint density at radius 1 is 1.21 bits per heavy atom. The maximum Gasteiger partial charge on any atom is 0.123 e. The lowest BCUT2D eigenvalue weighted by atomic mass is 10.0. The summed E-state index contributed by atoms with van der Waals surface area (Å²) in [5, 5.41) is 3.53. The van der Waals surface area contributed by atoms with Crippen LogP contribution in [0, 0.1) is 5.82 Å². The van der Waals surface area contributed by atoms with E-state index in [1.165, 1.54) is 17.7 Å². The molecule has 0 spiro atoms. The van der Waals surface area contributed by atoms with Gasteiger partial charge in [0.15, 0.2) is 0 Å². The summed E-state index contributed by atoms with van der Waals surface area (Å²) < 4.78 is 18.5. The van der Waals surface area contributed by atoms with Gasteiger partial charge in [-0.1, -0.05) is 19.1 Å². The van der Waals surface area contributed by atoms with Crippen LogP contribution in [0.1, 0.15) is 39.2 Å². The zero-order chi connectivity index (χ0) is 14.1. The van der Waals surface area contributed by atoms with E-state index in [1.807, 2.05) is 12.1 Å². The van der Waals surface area contributed by atoms with Gasteiger partial charge >= 0.3 is 0 Å². The second-order valence-electron chi connectivity index (χ2n) is 5.19. The normalized spacial score (nSPS) is 12.9. The number of rotatable bonds is 9. The summed E-state index contributed by atoms with van der Waals surface area (Å²) >= 11 is 0. The van der Waals surface area contributed by atoms with E-state index in [4.69, 9.17) is 4.74 Å². The van der Waals surface area contributed by atoms with Gasteiger partial charge in [-0.05, 0) is 57.4 Å². The third-order valence-electron chi connectivity index (χ3n) is 3.00. The Kier molecular flexibility index (Phi) is 7.68. The van der Waals surface area contributed by atoms with Gasteiger partial charge < -0.3 is 10.1 Å². The second-order valence-corrected chi connectivity index (χ2v) is 5.19. The Hall–Kier alpha value is -0.930. The third kappa shape index (κ3) is 7.28. The highest BCUT2D eigenvalue weighted by Crippen LogP contribution is 2.08. The van der Waals surface area contributed by atoms with Crippen molar-refractivity contribution < 1.29 is 9.13 Å². The zero-order valence-electron chi connectivity index (χ0n) is 12.3. The number of hydrogen-bond acceptors (Lipinski definition) is 2. The predicted octanol–water partition coefficient (Wildman–Crippen LogP) is 3.55. The Bertz CT molecular complexity index is 337. The van der Waals surface area contributed by atoms with Crippen LogP contribution in [0.3, 0.4) is 0 Å². The lowest BCUT2D eigenvalue weighted by Crippen LogP contribution is -2.33. The van der Waals surface area contributed by atoms with Crippen molar-refractivity contribution in [1.29, 1.82) is 0 Å². The molecule has 3 heteroatoms. The molecule has 0 heterocycles. The maximum atomic E-state index is 12.9. The molecule has 1 rings (SSSR count). The fourth-order valence-corrected chi connectivity index (χ4v) is 1.98. The molecular formula is C16H26FNO. The molecule has 1 unspecified atom stereocenters. The molecule has 0 aliphatic rings. The largest absolute Gasteiger partial charge is 0.379 e. The Labute approximate surface area is 116 Å². The van der Waals surface area contributed by atoms with Crippen LogP contribution in [0.25, 0.3) is 0 Å². The van der Waals surface area contributed by atoms with E-state index >= 15 is 0 Å². The topological polar surface area (TPSA) is 21.3 Å². The highest BCUT2D eigenvalue weighted by atomic mass is 19.1. The first-order valence-electron chi connectivity index (χ1n) is 7.21. The minimum atomic E-state index is -0.176. The molecule has 0 fully saturated rings. The van der Waals surface area contributed by atoms with Gasteiger partial charge in [0.25, 0.3) is 0 Å². The van der Waals surface area contributed by atoms with Gasteiger partial charge in [0.05, 0.1) is 6.10 Å². The molecule has 0 saturated heterocycles. The summed E-state index contributed by atoms with van der Waals surface area (Å²) in [7, 11) is 0. The lowest BCUT2D eigenvalue weighted by molar-refractivity contribution is 0.0715. The number of nitrogens with one attached hydrogen (secondary N) is 1. The average Bonchev–Trinajstić information content (AvgIpc) is 2.38. The van der Waals surface area contributed by atoms with E-state index in [0.717, 1.165) is 32.4 Å². The smallest absolute Gasteiger partial charge is 0.123 e. The molecule has 1 atom stereocenters. The highest BCUT2D eigenvalue weighted by molar-refractivity contribution is 5.17. The first-order valence-corrected chi connectivity index (χ1v) is 7.21. The van der Waals surface area contributed by atoms with Gasteiger partial charge in [-0.2, -0.15) is 0 Å². The minimum absolute atomic E-state index is 0.176. The molecule has 1 aromatic carbocycles. The summed E-state index contributed by atoms with van der Waals surface area (Å²) in [6, 6.07) is 7.16. The quantitative estimate of drug-likeness (QED) is 0.739. The van der Waals surface area contributed by atoms with Crippen LogP contribution in [0.2, 0.25) is 0 Å². The molecule has 108 valence electrons. The Balaban J connectivity index is 2.45. The molecule has 1 N–H and O–H groups in total. The van der Waals surface area contributed by atoms with Crippen molar-refractivity contribution in [2.45, 2.75) is 52.2 Å². The summed E-state index contributed by atoms with van der Waals surface area (Å²) in [6.07, 6.45) is 3.29. The van der Waals surface area contributed by atoms with Crippen molar-refractivity contribution in [3.63, 3.8) is 0 Å². The Morgan fingerprint density at radius 3 is 2.47 bits per heavy atom. The highest BCUT2D eigenvalue weighted by Gasteiger charge is 2.09. The van der Waals surface area contributed by atoms with Crippen LogP contribution in [0.4, 0.5) is 4.39 Å². The minimum Gasteiger partial charge on any atom is -0.379 e. The van der Waals surface area contributed by atoms with Crippen LogP contribution in [0.15, 0.2) is 24.3 Å². The molecule has 2 nitrogen and oxygen atoms in total. The molecule has 19 heavy (non-hydrogen) atoms. The molecule has 0 aliphatic heterocycles. The first kappa shape index (κ1) is 16.1. The van der Waals surface area contributed by atoms with Crippen molar-refractivity contribution in [1.82, 2.24) is 5.32 Å². The molecule has 1 aromatic rings. The van der Waals surface area contributed by atoms with Gasteiger partial charge in [0.1, 0.15) is 5.82 Å². The second kappa shape index (κ2) is 9.05. The fraction of sp³-hybridized carbons (Fsp3) is 0.625.